The second-order valence-electron chi connectivity index (χ2n) is 9.29. The number of hydrogen-bond donors (Lipinski definition) is 2. The molecule has 2 aliphatic rings. The fourth-order valence-electron chi connectivity index (χ4n) is 5.09. The molecule has 0 aliphatic carbocycles. The Morgan fingerprint density at radius 2 is 1.85 bits per heavy atom. The van der Waals surface area contributed by atoms with Gasteiger partial charge < -0.3 is 15.1 Å². The molecule has 0 saturated carbocycles. The van der Waals surface area contributed by atoms with E-state index in [1.165, 1.54) is 5.69 Å². The number of rotatable bonds is 3. The van der Waals surface area contributed by atoms with Crippen LogP contribution < -0.4 is 10.2 Å². The molecular weight excluding hydrogens is 429 g/mol. The lowest BCUT2D eigenvalue weighted by atomic mass is 9.92. The van der Waals surface area contributed by atoms with Gasteiger partial charge in [0.15, 0.2) is 5.82 Å². The first-order valence-corrected chi connectivity index (χ1v) is 11.9. The Hall–Kier alpha value is -3.36. The fourth-order valence-corrected chi connectivity index (χ4v) is 5.09. The first-order chi connectivity index (χ1) is 16.6. The summed E-state index contributed by atoms with van der Waals surface area (Å²) in [5.41, 5.74) is 7.98. The lowest BCUT2D eigenvalue weighted by molar-refractivity contribution is 0.313. The first-order valence-electron chi connectivity index (χ1n) is 11.9. The van der Waals surface area contributed by atoms with Gasteiger partial charge in [-0.15, -0.1) is 0 Å². The maximum atomic E-state index is 15.2. The van der Waals surface area contributed by atoms with Crippen molar-refractivity contribution in [3.8, 4) is 22.6 Å². The van der Waals surface area contributed by atoms with Gasteiger partial charge in [0.05, 0.1) is 11.8 Å². The van der Waals surface area contributed by atoms with E-state index < -0.39 is 0 Å². The van der Waals surface area contributed by atoms with E-state index >= 15 is 4.39 Å². The van der Waals surface area contributed by atoms with Crippen LogP contribution in [0.25, 0.3) is 33.7 Å². The number of benzene rings is 2. The monoisotopic (exact) mass is 457 g/mol. The van der Waals surface area contributed by atoms with Crippen molar-refractivity contribution in [1.29, 1.82) is 0 Å². The van der Waals surface area contributed by atoms with Gasteiger partial charge in [-0.1, -0.05) is 12.1 Å². The summed E-state index contributed by atoms with van der Waals surface area (Å²) in [5.74, 6) is 0.131. The maximum absolute atomic E-state index is 15.2. The predicted molar refractivity (Wildman–Crippen MR) is 132 cm³/mol. The number of halogens is 1. The normalized spacial score (nSPS) is 16.7. The van der Waals surface area contributed by atoms with Crippen LogP contribution in [-0.4, -0.2) is 64.8 Å². The molecule has 4 heterocycles. The van der Waals surface area contributed by atoms with Crippen LogP contribution in [0, 0.1) is 12.7 Å². The van der Waals surface area contributed by atoms with Crippen LogP contribution in [0.15, 0.2) is 36.5 Å². The Kier molecular flexibility index (Phi) is 5.27. The largest absolute Gasteiger partial charge is 0.369 e. The number of nitrogens with zero attached hydrogens (tertiary/aromatic N) is 5. The summed E-state index contributed by atoms with van der Waals surface area (Å²) in [6.07, 6.45) is 2.53. The van der Waals surface area contributed by atoms with Gasteiger partial charge in [-0.2, -0.15) is 5.10 Å². The van der Waals surface area contributed by atoms with Gasteiger partial charge in [-0.3, -0.25) is 5.10 Å². The molecule has 1 saturated heterocycles. The van der Waals surface area contributed by atoms with Gasteiger partial charge in [0.25, 0.3) is 0 Å². The highest BCUT2D eigenvalue weighted by atomic mass is 19.1. The van der Waals surface area contributed by atoms with Gasteiger partial charge in [0.1, 0.15) is 22.5 Å². The summed E-state index contributed by atoms with van der Waals surface area (Å²) < 4.78 is 15.2. The van der Waals surface area contributed by atoms with Crippen molar-refractivity contribution in [3.05, 3.63) is 59.0 Å². The quantitative estimate of drug-likeness (QED) is 0.490. The van der Waals surface area contributed by atoms with Crippen molar-refractivity contribution in [2.24, 2.45) is 0 Å². The average Bonchev–Trinajstić information content (AvgIpc) is 3.28. The van der Waals surface area contributed by atoms with Crippen LogP contribution in [0.4, 0.5) is 10.1 Å². The van der Waals surface area contributed by atoms with Crippen molar-refractivity contribution in [2.45, 2.75) is 19.9 Å². The van der Waals surface area contributed by atoms with Gasteiger partial charge in [0.2, 0.25) is 0 Å². The third-order valence-electron chi connectivity index (χ3n) is 7.16. The smallest absolute Gasteiger partial charge is 0.163 e. The van der Waals surface area contributed by atoms with E-state index in [1.807, 2.05) is 6.92 Å². The summed E-state index contributed by atoms with van der Waals surface area (Å²) in [6.45, 7) is 7.77. The molecule has 7 nitrogen and oxygen atoms in total. The minimum Gasteiger partial charge on any atom is -0.369 e. The molecule has 2 aliphatic heterocycles. The third-order valence-corrected chi connectivity index (χ3v) is 7.16. The molecule has 1 fully saturated rings. The number of H-pyrrole nitrogens is 1. The van der Waals surface area contributed by atoms with E-state index in [4.69, 9.17) is 4.98 Å². The van der Waals surface area contributed by atoms with Crippen molar-refractivity contribution < 1.29 is 4.39 Å². The van der Waals surface area contributed by atoms with Crippen molar-refractivity contribution in [3.63, 3.8) is 0 Å². The molecule has 0 radical (unpaired) electrons. The van der Waals surface area contributed by atoms with E-state index in [-0.39, 0.29) is 5.82 Å². The van der Waals surface area contributed by atoms with Crippen LogP contribution in [0.3, 0.4) is 0 Å². The van der Waals surface area contributed by atoms with Crippen molar-refractivity contribution in [1.82, 2.24) is 30.4 Å². The minimum atomic E-state index is -0.265. The molecule has 8 heteroatoms. The zero-order valence-corrected chi connectivity index (χ0v) is 19.5. The Bertz CT molecular complexity index is 1350. The molecule has 0 spiro atoms. The zero-order valence-electron chi connectivity index (χ0n) is 19.5. The summed E-state index contributed by atoms with van der Waals surface area (Å²) in [7, 11) is 2.16. The number of hydrogen-bond acceptors (Lipinski definition) is 6. The number of piperazine rings is 1. The number of nitrogens with one attached hydrogen (secondary N) is 2. The summed E-state index contributed by atoms with van der Waals surface area (Å²) in [6, 6.07) is 10.1. The molecule has 2 N–H and O–H groups in total. The highest BCUT2D eigenvalue weighted by Crippen LogP contribution is 2.33. The molecule has 2 aromatic heterocycles. The molecule has 0 atom stereocenters. The second-order valence-corrected chi connectivity index (χ2v) is 9.29. The molecule has 174 valence electrons. The molecule has 6 rings (SSSR count). The summed E-state index contributed by atoms with van der Waals surface area (Å²) in [4.78, 5) is 14.0. The van der Waals surface area contributed by atoms with Gasteiger partial charge >= 0.3 is 0 Å². The summed E-state index contributed by atoms with van der Waals surface area (Å²) >= 11 is 0. The molecule has 34 heavy (non-hydrogen) atoms. The van der Waals surface area contributed by atoms with Crippen molar-refractivity contribution >= 4 is 16.7 Å². The Balaban J connectivity index is 1.37. The zero-order chi connectivity index (χ0) is 23.2. The molecule has 2 aromatic carbocycles. The van der Waals surface area contributed by atoms with Gasteiger partial charge in [-0.05, 0) is 61.8 Å². The van der Waals surface area contributed by atoms with Gasteiger partial charge in [0, 0.05) is 44.0 Å². The Morgan fingerprint density at radius 3 is 2.65 bits per heavy atom. The number of likely N-dealkylation sites (N-methyl/N-ethyl adjacent to an activating group) is 1. The predicted octanol–water partition coefficient (Wildman–Crippen LogP) is 3.53. The molecule has 0 bridgehead atoms. The lowest BCUT2D eigenvalue weighted by Crippen LogP contribution is -2.44. The van der Waals surface area contributed by atoms with Crippen LogP contribution in [0.1, 0.15) is 16.7 Å². The lowest BCUT2D eigenvalue weighted by Gasteiger charge is -2.34. The maximum Gasteiger partial charge on any atom is 0.163 e. The van der Waals surface area contributed by atoms with E-state index in [0.29, 0.717) is 16.9 Å². The summed E-state index contributed by atoms with van der Waals surface area (Å²) in [5, 5.41) is 10.9. The van der Waals surface area contributed by atoms with Crippen LogP contribution >= 0.6 is 0 Å². The highest BCUT2D eigenvalue weighted by Gasteiger charge is 2.22. The fraction of sp³-hybridized carbons (Fsp3) is 0.346. The van der Waals surface area contributed by atoms with Crippen LogP contribution in [0.2, 0.25) is 0 Å². The van der Waals surface area contributed by atoms with Gasteiger partial charge in [-0.25, -0.2) is 14.4 Å². The molecular formula is C26H28FN7. The Labute approximate surface area is 198 Å². The second kappa shape index (κ2) is 8.45. The highest BCUT2D eigenvalue weighted by molar-refractivity contribution is 5.90. The third kappa shape index (κ3) is 3.63. The SMILES string of the molecule is Cc1c2c(cc(F)c1-c1ncc3[nH]nc(-c4ccc(N5CCN(C)CC5)cc4)c3n1)CCNC2. The first kappa shape index (κ1) is 21.2. The number of anilines is 1. The number of aromatic amines is 1. The number of fused-ring (bicyclic) bond motifs is 2. The van der Waals surface area contributed by atoms with E-state index in [9.17, 15) is 0 Å². The standard InChI is InChI=1S/C26H28FN7/c1-16-20-14-28-8-7-18(20)13-21(27)23(16)26-29-15-22-25(30-26)24(32-31-22)17-3-5-19(6-4-17)34-11-9-33(2)10-12-34/h3-6,13,15,28H,7-12,14H2,1-2H3,(H,31,32). The number of aromatic nitrogens is 4. The topological polar surface area (TPSA) is 73.0 Å². The van der Waals surface area contributed by atoms with E-state index in [0.717, 1.165) is 79.2 Å². The van der Waals surface area contributed by atoms with E-state index in [2.05, 4.69) is 61.6 Å². The Morgan fingerprint density at radius 1 is 1.06 bits per heavy atom. The van der Waals surface area contributed by atoms with Crippen LogP contribution in [0.5, 0.6) is 0 Å². The minimum absolute atomic E-state index is 0.265. The molecule has 0 unspecified atom stereocenters. The van der Waals surface area contributed by atoms with Crippen LogP contribution in [-0.2, 0) is 13.0 Å². The molecule has 0 amide bonds. The van der Waals surface area contributed by atoms with Crippen molar-refractivity contribution in [2.75, 3.05) is 44.7 Å². The molecule has 4 aromatic rings. The van der Waals surface area contributed by atoms with E-state index in [1.54, 1.807) is 12.3 Å². The average molecular weight is 458 g/mol.